The molecule has 0 bridgehead atoms. The Morgan fingerprint density at radius 1 is 1.32 bits per heavy atom. The van der Waals surface area contributed by atoms with Crippen LogP contribution in [0.2, 0.25) is 0 Å². The minimum Gasteiger partial charge on any atom is -0.343 e. The van der Waals surface area contributed by atoms with Gasteiger partial charge in [0.15, 0.2) is 0 Å². The van der Waals surface area contributed by atoms with Gasteiger partial charge >= 0.3 is 0 Å². The number of hydrogen-bond donors (Lipinski definition) is 1. The van der Waals surface area contributed by atoms with Gasteiger partial charge in [-0.1, -0.05) is 36.4 Å². The molecule has 1 saturated carbocycles. The molecule has 0 aliphatic heterocycles. The van der Waals surface area contributed by atoms with Crippen LogP contribution in [0, 0.1) is 0 Å². The molecule has 1 aliphatic rings. The Balaban J connectivity index is 2.13. The van der Waals surface area contributed by atoms with Crippen molar-refractivity contribution in [3.8, 4) is 0 Å². The zero-order chi connectivity index (χ0) is 13.7. The molecule has 0 spiro atoms. The molecular weight excluding hydrogens is 254 g/mol. The lowest BCUT2D eigenvalue weighted by molar-refractivity contribution is -0.117. The molecule has 100 valence electrons. The summed E-state index contributed by atoms with van der Waals surface area (Å²) in [5, 5.41) is 3.14. The molecule has 1 amide bonds. The first-order valence-electron chi connectivity index (χ1n) is 6.47. The number of carbonyl (C=O) groups is 1. The summed E-state index contributed by atoms with van der Waals surface area (Å²) in [6, 6.07) is 8.31. The van der Waals surface area contributed by atoms with E-state index in [1.54, 1.807) is 23.9 Å². The maximum Gasteiger partial charge on any atom is 0.244 e. The largest absolute Gasteiger partial charge is 0.343 e. The van der Waals surface area contributed by atoms with Crippen molar-refractivity contribution in [3.05, 3.63) is 54.1 Å². The smallest absolute Gasteiger partial charge is 0.244 e. The van der Waals surface area contributed by atoms with E-state index in [1.165, 1.54) is 10.5 Å². The summed E-state index contributed by atoms with van der Waals surface area (Å²) >= 11 is 1.73. The Morgan fingerprint density at radius 2 is 2.05 bits per heavy atom. The summed E-state index contributed by atoms with van der Waals surface area (Å²) in [5.74, 6) is -0.0218. The number of thioether (sulfide) groups is 1. The molecule has 1 aliphatic carbocycles. The summed E-state index contributed by atoms with van der Waals surface area (Å²) in [6.07, 6.45) is 11.2. The third-order valence-electron chi connectivity index (χ3n) is 3.29. The summed E-state index contributed by atoms with van der Waals surface area (Å²) in [5.41, 5.74) is 1.10. The standard InChI is InChI=1S/C16H19NOS/c1-3-4-5-10-15(18)17-16(11-12-16)13-8-6-7-9-14(13)19-2/h3-10H,11-12H2,1-2H3,(H,17,18)/b4-3+,10-5+. The van der Waals surface area contributed by atoms with Gasteiger partial charge in [-0.3, -0.25) is 4.79 Å². The number of carbonyl (C=O) groups excluding carboxylic acids is 1. The minimum absolute atomic E-state index is 0.0218. The van der Waals surface area contributed by atoms with E-state index in [2.05, 4.69) is 23.7 Å². The third kappa shape index (κ3) is 3.29. The SMILES string of the molecule is C/C=C/C=C/C(=O)NC1(c2ccccc2SC)CC1. The highest BCUT2D eigenvalue weighted by atomic mass is 32.2. The van der Waals surface area contributed by atoms with Crippen molar-refractivity contribution in [2.24, 2.45) is 0 Å². The lowest BCUT2D eigenvalue weighted by atomic mass is 10.0. The van der Waals surface area contributed by atoms with E-state index in [9.17, 15) is 4.79 Å². The molecule has 2 nitrogen and oxygen atoms in total. The Kier molecular flexibility index (Phi) is 4.48. The quantitative estimate of drug-likeness (QED) is 0.504. The van der Waals surface area contributed by atoms with Crippen molar-refractivity contribution >= 4 is 17.7 Å². The van der Waals surface area contributed by atoms with Crippen LogP contribution < -0.4 is 5.32 Å². The normalized spacial score (nSPS) is 16.9. The van der Waals surface area contributed by atoms with Crippen LogP contribution in [0.15, 0.2) is 53.5 Å². The molecule has 0 heterocycles. The van der Waals surface area contributed by atoms with Crippen LogP contribution in [-0.2, 0) is 10.3 Å². The number of rotatable bonds is 5. The minimum atomic E-state index is -0.142. The summed E-state index contributed by atoms with van der Waals surface area (Å²) in [4.78, 5) is 13.2. The average Bonchev–Trinajstić information content (AvgIpc) is 3.19. The molecule has 0 radical (unpaired) electrons. The summed E-state index contributed by atoms with van der Waals surface area (Å²) in [7, 11) is 0. The van der Waals surface area contributed by atoms with E-state index in [0.717, 1.165) is 12.8 Å². The maximum absolute atomic E-state index is 11.9. The number of hydrogen-bond acceptors (Lipinski definition) is 2. The van der Waals surface area contributed by atoms with E-state index in [1.807, 2.05) is 31.2 Å². The molecular formula is C16H19NOS. The van der Waals surface area contributed by atoms with Crippen LogP contribution >= 0.6 is 11.8 Å². The van der Waals surface area contributed by atoms with Gasteiger partial charge in [-0.2, -0.15) is 0 Å². The van der Waals surface area contributed by atoms with E-state index < -0.39 is 0 Å². The molecule has 3 heteroatoms. The van der Waals surface area contributed by atoms with Gasteiger partial charge < -0.3 is 5.32 Å². The second-order valence-corrected chi connectivity index (χ2v) is 5.50. The van der Waals surface area contributed by atoms with E-state index in [-0.39, 0.29) is 11.4 Å². The molecule has 0 atom stereocenters. The topological polar surface area (TPSA) is 29.1 Å². The van der Waals surface area contributed by atoms with E-state index in [0.29, 0.717) is 0 Å². The van der Waals surface area contributed by atoms with Gasteiger partial charge in [0.05, 0.1) is 5.54 Å². The summed E-state index contributed by atoms with van der Waals surface area (Å²) < 4.78 is 0. The molecule has 1 fully saturated rings. The van der Waals surface area contributed by atoms with Crippen molar-refractivity contribution in [1.29, 1.82) is 0 Å². The van der Waals surface area contributed by atoms with Crippen molar-refractivity contribution < 1.29 is 4.79 Å². The van der Waals surface area contributed by atoms with Crippen molar-refractivity contribution in [1.82, 2.24) is 5.32 Å². The molecule has 1 aromatic rings. The van der Waals surface area contributed by atoms with E-state index in [4.69, 9.17) is 0 Å². The van der Waals surface area contributed by atoms with Gasteiger partial charge in [-0.25, -0.2) is 0 Å². The first kappa shape index (κ1) is 13.9. The Labute approximate surface area is 119 Å². The molecule has 19 heavy (non-hydrogen) atoms. The van der Waals surface area contributed by atoms with Crippen molar-refractivity contribution in [2.75, 3.05) is 6.26 Å². The van der Waals surface area contributed by atoms with Crippen LogP contribution in [0.4, 0.5) is 0 Å². The molecule has 0 aromatic heterocycles. The molecule has 1 aromatic carbocycles. The number of nitrogens with one attached hydrogen (secondary N) is 1. The zero-order valence-electron chi connectivity index (χ0n) is 11.3. The van der Waals surface area contributed by atoms with Crippen LogP contribution in [0.25, 0.3) is 0 Å². The van der Waals surface area contributed by atoms with Gasteiger partial charge in [0.1, 0.15) is 0 Å². The van der Waals surface area contributed by atoms with Crippen molar-refractivity contribution in [2.45, 2.75) is 30.2 Å². The second kappa shape index (κ2) is 6.11. The van der Waals surface area contributed by atoms with Gasteiger partial charge in [-0.15, -0.1) is 11.8 Å². The van der Waals surface area contributed by atoms with Crippen LogP contribution in [0.1, 0.15) is 25.3 Å². The van der Waals surface area contributed by atoms with Gasteiger partial charge in [0.2, 0.25) is 5.91 Å². The number of amides is 1. The fraction of sp³-hybridized carbons (Fsp3) is 0.312. The highest BCUT2D eigenvalue weighted by Crippen LogP contribution is 2.48. The average molecular weight is 273 g/mol. The first-order chi connectivity index (χ1) is 9.22. The highest BCUT2D eigenvalue weighted by molar-refractivity contribution is 7.98. The molecule has 0 saturated heterocycles. The monoisotopic (exact) mass is 273 g/mol. The lowest BCUT2D eigenvalue weighted by Gasteiger charge is -2.19. The van der Waals surface area contributed by atoms with Crippen LogP contribution in [0.3, 0.4) is 0 Å². The Bertz CT molecular complexity index is 515. The second-order valence-electron chi connectivity index (χ2n) is 4.66. The first-order valence-corrected chi connectivity index (χ1v) is 7.69. The maximum atomic E-state index is 11.9. The Morgan fingerprint density at radius 3 is 2.68 bits per heavy atom. The number of benzene rings is 1. The van der Waals surface area contributed by atoms with Crippen LogP contribution in [-0.4, -0.2) is 12.2 Å². The van der Waals surface area contributed by atoms with Gasteiger partial charge in [-0.05, 0) is 37.7 Å². The fourth-order valence-electron chi connectivity index (χ4n) is 2.16. The highest BCUT2D eigenvalue weighted by Gasteiger charge is 2.46. The Hall–Kier alpha value is -1.48. The van der Waals surface area contributed by atoms with Gasteiger partial charge in [0.25, 0.3) is 0 Å². The third-order valence-corrected chi connectivity index (χ3v) is 4.08. The molecule has 1 N–H and O–H groups in total. The van der Waals surface area contributed by atoms with Gasteiger partial charge in [0, 0.05) is 11.0 Å². The van der Waals surface area contributed by atoms with Crippen molar-refractivity contribution in [3.63, 3.8) is 0 Å². The predicted octanol–water partition coefficient (Wildman–Crippen LogP) is 3.65. The fourth-order valence-corrected chi connectivity index (χ4v) is 2.86. The predicted molar refractivity (Wildman–Crippen MR) is 81.2 cm³/mol. The zero-order valence-corrected chi connectivity index (χ0v) is 12.2. The lowest BCUT2D eigenvalue weighted by Crippen LogP contribution is -2.33. The molecule has 2 rings (SSSR count). The molecule has 0 unspecified atom stereocenters. The van der Waals surface area contributed by atoms with E-state index >= 15 is 0 Å². The van der Waals surface area contributed by atoms with Crippen LogP contribution in [0.5, 0.6) is 0 Å². The summed E-state index contributed by atoms with van der Waals surface area (Å²) in [6.45, 7) is 1.93. The number of allylic oxidation sites excluding steroid dienone is 3.